The van der Waals surface area contributed by atoms with Crippen LogP contribution in [0.4, 0.5) is 0 Å². The second kappa shape index (κ2) is 6.29. The number of benzene rings is 1. The van der Waals surface area contributed by atoms with Crippen molar-refractivity contribution in [3.63, 3.8) is 0 Å². The van der Waals surface area contributed by atoms with Crippen molar-refractivity contribution in [1.82, 2.24) is 14.9 Å². The number of hydrogen-bond acceptors (Lipinski definition) is 5. The molecule has 2 heterocycles. The minimum atomic E-state index is -0.461. The summed E-state index contributed by atoms with van der Waals surface area (Å²) in [5.74, 6) is 1.50. The lowest BCUT2D eigenvalue weighted by molar-refractivity contribution is 0.236. The van der Waals surface area contributed by atoms with Crippen LogP contribution in [0.2, 0.25) is 0 Å². The molecule has 1 aromatic heterocycles. The zero-order valence-corrected chi connectivity index (χ0v) is 13.1. The Hall–Kier alpha value is -2.54. The summed E-state index contributed by atoms with van der Waals surface area (Å²) in [7, 11) is 3.24. The van der Waals surface area contributed by atoms with Crippen LogP contribution in [0, 0.1) is 0 Å². The Bertz CT molecular complexity index is 825. The quantitative estimate of drug-likeness (QED) is 0.864. The molecule has 7 nitrogen and oxygen atoms in total. The first-order chi connectivity index (χ1) is 11.1. The maximum absolute atomic E-state index is 11.8. The standard InChI is InChI=1S/C16H19N3O4/c1-22-11-4-3-10(14(7-11)23-2)8-19-6-5-12-13(9-19)17-16(21)18-15(12)20/h3-4,7H,5-6,8-9H2,1-2H3,(H2,17,18,20,21). The van der Waals surface area contributed by atoms with Crippen molar-refractivity contribution in [2.45, 2.75) is 19.5 Å². The molecule has 1 aliphatic rings. The van der Waals surface area contributed by atoms with Crippen LogP contribution in [0.3, 0.4) is 0 Å². The van der Waals surface area contributed by atoms with Gasteiger partial charge in [-0.3, -0.25) is 14.7 Å². The molecule has 2 aromatic rings. The second-order valence-electron chi connectivity index (χ2n) is 5.50. The van der Waals surface area contributed by atoms with Crippen LogP contribution < -0.4 is 20.7 Å². The minimum absolute atomic E-state index is 0.287. The highest BCUT2D eigenvalue weighted by Crippen LogP contribution is 2.26. The minimum Gasteiger partial charge on any atom is -0.497 e. The number of aromatic amines is 2. The largest absolute Gasteiger partial charge is 0.497 e. The molecule has 0 spiro atoms. The Morgan fingerprint density at radius 1 is 1.17 bits per heavy atom. The molecule has 1 aliphatic heterocycles. The molecule has 3 rings (SSSR count). The molecule has 0 aliphatic carbocycles. The molecule has 122 valence electrons. The van der Waals surface area contributed by atoms with Crippen molar-refractivity contribution in [1.29, 1.82) is 0 Å². The maximum Gasteiger partial charge on any atom is 0.325 e. The maximum atomic E-state index is 11.8. The first-order valence-corrected chi connectivity index (χ1v) is 7.38. The summed E-state index contributed by atoms with van der Waals surface area (Å²) in [5, 5.41) is 0. The Labute approximate surface area is 132 Å². The van der Waals surface area contributed by atoms with E-state index in [1.54, 1.807) is 14.2 Å². The van der Waals surface area contributed by atoms with Gasteiger partial charge in [-0.15, -0.1) is 0 Å². The average Bonchev–Trinajstić information content (AvgIpc) is 2.54. The number of hydrogen-bond donors (Lipinski definition) is 2. The van der Waals surface area contributed by atoms with Gasteiger partial charge in [0.15, 0.2) is 0 Å². The molecular weight excluding hydrogens is 298 g/mol. The number of methoxy groups -OCH3 is 2. The molecule has 0 atom stereocenters. The molecule has 23 heavy (non-hydrogen) atoms. The third-order valence-corrected chi connectivity index (χ3v) is 4.08. The number of fused-ring (bicyclic) bond motifs is 1. The highest BCUT2D eigenvalue weighted by atomic mass is 16.5. The molecule has 1 aromatic carbocycles. The smallest absolute Gasteiger partial charge is 0.325 e. The summed E-state index contributed by atoms with van der Waals surface area (Å²) in [6.07, 6.45) is 0.611. The highest BCUT2D eigenvalue weighted by Gasteiger charge is 2.21. The molecule has 0 unspecified atom stereocenters. The Morgan fingerprint density at radius 2 is 2.00 bits per heavy atom. The van der Waals surface area contributed by atoms with Gasteiger partial charge in [-0.2, -0.15) is 0 Å². The predicted octanol–water partition coefficient (Wildman–Crippen LogP) is 0.639. The highest BCUT2D eigenvalue weighted by molar-refractivity contribution is 5.40. The van der Waals surface area contributed by atoms with Crippen LogP contribution in [0.15, 0.2) is 27.8 Å². The zero-order chi connectivity index (χ0) is 16.4. The summed E-state index contributed by atoms with van der Waals surface area (Å²) in [4.78, 5) is 30.4. The van der Waals surface area contributed by atoms with E-state index in [9.17, 15) is 9.59 Å². The van der Waals surface area contributed by atoms with E-state index in [1.807, 2.05) is 18.2 Å². The van der Waals surface area contributed by atoms with Crippen molar-refractivity contribution in [2.24, 2.45) is 0 Å². The van der Waals surface area contributed by atoms with Gasteiger partial charge in [0.25, 0.3) is 5.56 Å². The van der Waals surface area contributed by atoms with Gasteiger partial charge in [-0.1, -0.05) is 6.07 Å². The zero-order valence-electron chi connectivity index (χ0n) is 13.1. The summed E-state index contributed by atoms with van der Waals surface area (Å²) < 4.78 is 10.6. The monoisotopic (exact) mass is 317 g/mol. The van der Waals surface area contributed by atoms with E-state index >= 15 is 0 Å². The number of nitrogens with zero attached hydrogens (tertiary/aromatic N) is 1. The Morgan fingerprint density at radius 3 is 2.74 bits per heavy atom. The van der Waals surface area contributed by atoms with Crippen LogP contribution in [0.1, 0.15) is 16.8 Å². The van der Waals surface area contributed by atoms with E-state index in [4.69, 9.17) is 9.47 Å². The van der Waals surface area contributed by atoms with Gasteiger partial charge in [-0.25, -0.2) is 4.79 Å². The average molecular weight is 317 g/mol. The molecule has 7 heteroatoms. The van der Waals surface area contributed by atoms with Gasteiger partial charge < -0.3 is 14.5 Å². The molecule has 0 saturated carbocycles. The van der Waals surface area contributed by atoms with E-state index in [-0.39, 0.29) is 5.56 Å². The Kier molecular flexibility index (Phi) is 4.20. The fraction of sp³-hybridized carbons (Fsp3) is 0.375. The number of rotatable bonds is 4. The van der Waals surface area contributed by atoms with E-state index in [0.29, 0.717) is 30.8 Å². The number of ether oxygens (including phenoxy) is 2. The van der Waals surface area contributed by atoms with Crippen molar-refractivity contribution in [2.75, 3.05) is 20.8 Å². The second-order valence-corrected chi connectivity index (χ2v) is 5.50. The number of aromatic nitrogens is 2. The van der Waals surface area contributed by atoms with Crippen molar-refractivity contribution in [3.05, 3.63) is 55.9 Å². The van der Waals surface area contributed by atoms with Crippen LogP contribution in [-0.2, 0) is 19.5 Å². The fourth-order valence-corrected chi connectivity index (χ4v) is 2.89. The summed E-state index contributed by atoms with van der Waals surface area (Å²) >= 11 is 0. The normalized spacial score (nSPS) is 14.3. The lowest BCUT2D eigenvalue weighted by atomic mass is 10.1. The van der Waals surface area contributed by atoms with Crippen LogP contribution in [-0.4, -0.2) is 35.6 Å². The Balaban J connectivity index is 1.82. The van der Waals surface area contributed by atoms with Gasteiger partial charge in [0.2, 0.25) is 0 Å². The summed E-state index contributed by atoms with van der Waals surface area (Å²) in [6, 6.07) is 5.70. The van der Waals surface area contributed by atoms with Crippen molar-refractivity contribution >= 4 is 0 Å². The summed E-state index contributed by atoms with van der Waals surface area (Å²) in [6.45, 7) is 1.95. The van der Waals surface area contributed by atoms with E-state index in [0.717, 1.165) is 23.6 Å². The van der Waals surface area contributed by atoms with E-state index < -0.39 is 5.69 Å². The predicted molar refractivity (Wildman–Crippen MR) is 85.0 cm³/mol. The van der Waals surface area contributed by atoms with Gasteiger partial charge in [-0.05, 0) is 12.5 Å². The van der Waals surface area contributed by atoms with Crippen molar-refractivity contribution in [3.8, 4) is 11.5 Å². The first kappa shape index (κ1) is 15.4. The molecule has 0 saturated heterocycles. The molecule has 0 amide bonds. The van der Waals surface area contributed by atoms with Crippen LogP contribution in [0.25, 0.3) is 0 Å². The lowest BCUT2D eigenvalue weighted by Crippen LogP contribution is -2.38. The third-order valence-electron chi connectivity index (χ3n) is 4.08. The molecule has 0 radical (unpaired) electrons. The third kappa shape index (κ3) is 3.14. The molecule has 0 fully saturated rings. The number of nitrogens with one attached hydrogen (secondary N) is 2. The fourth-order valence-electron chi connectivity index (χ4n) is 2.89. The van der Waals surface area contributed by atoms with Crippen LogP contribution in [0.5, 0.6) is 11.5 Å². The van der Waals surface area contributed by atoms with E-state index in [1.165, 1.54) is 0 Å². The molecular formula is C16H19N3O4. The lowest BCUT2D eigenvalue weighted by Gasteiger charge is -2.28. The SMILES string of the molecule is COc1ccc(CN2CCc3c([nH]c(=O)[nH]c3=O)C2)c(OC)c1. The summed E-state index contributed by atoms with van der Waals surface area (Å²) in [5.41, 5.74) is 1.65. The molecule has 2 N–H and O–H groups in total. The number of H-pyrrole nitrogens is 2. The van der Waals surface area contributed by atoms with Gasteiger partial charge in [0.1, 0.15) is 11.5 Å². The van der Waals surface area contributed by atoms with Crippen LogP contribution >= 0.6 is 0 Å². The van der Waals surface area contributed by atoms with E-state index in [2.05, 4.69) is 14.9 Å². The topological polar surface area (TPSA) is 87.4 Å². The van der Waals surface area contributed by atoms with Gasteiger partial charge in [0, 0.05) is 42.5 Å². The van der Waals surface area contributed by atoms with Gasteiger partial charge in [0.05, 0.1) is 14.2 Å². The van der Waals surface area contributed by atoms with Gasteiger partial charge >= 0.3 is 5.69 Å². The van der Waals surface area contributed by atoms with Crippen molar-refractivity contribution < 1.29 is 9.47 Å². The molecule has 0 bridgehead atoms. The first-order valence-electron chi connectivity index (χ1n) is 7.38.